The van der Waals surface area contributed by atoms with E-state index in [0.717, 1.165) is 5.56 Å². The molecule has 4 rings (SSSR count). The first-order chi connectivity index (χ1) is 15.2. The first-order valence-electron chi connectivity index (χ1n) is 11.0. The van der Waals surface area contributed by atoms with Crippen molar-refractivity contribution in [3.63, 3.8) is 0 Å². The van der Waals surface area contributed by atoms with Crippen LogP contribution >= 0.6 is 0 Å². The third-order valence-electron chi connectivity index (χ3n) is 6.53. The number of anilines is 2. The van der Waals surface area contributed by atoms with Crippen molar-refractivity contribution in [1.82, 2.24) is 0 Å². The fraction of sp³-hybridized carbons (Fsp3) is 0.458. The Morgan fingerprint density at radius 2 is 1.75 bits per heavy atom. The highest BCUT2D eigenvalue weighted by atomic mass is 32.2. The molecule has 1 amide bonds. The van der Waals surface area contributed by atoms with Gasteiger partial charge in [0.05, 0.1) is 23.8 Å². The first-order valence-corrected chi connectivity index (χ1v) is 12.5. The van der Waals surface area contributed by atoms with Crippen LogP contribution in [0, 0.1) is 19.7 Å². The van der Waals surface area contributed by atoms with Crippen molar-refractivity contribution in [2.45, 2.75) is 49.2 Å². The minimum Gasteiger partial charge on any atom is -0.378 e. The number of carbonyl (C=O) groups is 1. The molecule has 32 heavy (non-hydrogen) atoms. The summed E-state index contributed by atoms with van der Waals surface area (Å²) >= 11 is 0. The SMILES string of the molecule is Cc1ccc(C)c(S(=O)(=O)C2(C(=O)Nc3ccc(N4CCOCC4)c(F)c3)CCCC2)c1. The van der Waals surface area contributed by atoms with Gasteiger partial charge in [0.25, 0.3) is 0 Å². The van der Waals surface area contributed by atoms with Crippen molar-refractivity contribution >= 4 is 27.1 Å². The molecule has 6 nitrogen and oxygen atoms in total. The number of hydrogen-bond donors (Lipinski definition) is 1. The van der Waals surface area contributed by atoms with E-state index < -0.39 is 26.3 Å². The third-order valence-corrected chi connectivity index (χ3v) is 9.17. The lowest BCUT2D eigenvalue weighted by atomic mass is 10.1. The second kappa shape index (κ2) is 8.83. The Kier molecular flexibility index (Phi) is 6.27. The van der Waals surface area contributed by atoms with Gasteiger partial charge in [-0.05, 0) is 62.1 Å². The number of halogens is 1. The van der Waals surface area contributed by atoms with Crippen LogP contribution in [-0.4, -0.2) is 45.4 Å². The first kappa shape index (κ1) is 22.7. The number of aryl methyl sites for hydroxylation is 2. The molecule has 1 saturated heterocycles. The predicted octanol–water partition coefficient (Wildman–Crippen LogP) is 4.00. The molecule has 0 radical (unpaired) electrons. The van der Waals surface area contributed by atoms with Gasteiger partial charge in [-0.3, -0.25) is 4.79 Å². The number of rotatable bonds is 5. The molecule has 2 aromatic carbocycles. The summed E-state index contributed by atoms with van der Waals surface area (Å²) < 4.78 is 46.0. The maximum absolute atomic E-state index is 14.8. The van der Waals surface area contributed by atoms with Gasteiger partial charge in [0.15, 0.2) is 14.6 Å². The van der Waals surface area contributed by atoms with Crippen LogP contribution in [0.25, 0.3) is 0 Å². The number of sulfone groups is 1. The van der Waals surface area contributed by atoms with Gasteiger partial charge >= 0.3 is 0 Å². The molecule has 8 heteroatoms. The molecule has 1 N–H and O–H groups in total. The maximum Gasteiger partial charge on any atom is 0.246 e. The van der Waals surface area contributed by atoms with Gasteiger partial charge in [0.2, 0.25) is 5.91 Å². The molecule has 0 spiro atoms. The molecule has 1 heterocycles. The molecule has 2 aromatic rings. The summed E-state index contributed by atoms with van der Waals surface area (Å²) in [7, 11) is -3.94. The van der Waals surface area contributed by atoms with Crippen molar-refractivity contribution < 1.29 is 22.3 Å². The second-order valence-electron chi connectivity index (χ2n) is 8.69. The summed E-state index contributed by atoms with van der Waals surface area (Å²) in [6.45, 7) is 5.85. The molecule has 1 aliphatic heterocycles. The number of ether oxygens (including phenoxy) is 1. The highest BCUT2D eigenvalue weighted by Gasteiger charge is 2.53. The van der Waals surface area contributed by atoms with E-state index >= 15 is 0 Å². The Hall–Kier alpha value is -2.45. The molecule has 0 bridgehead atoms. The van der Waals surface area contributed by atoms with Gasteiger partial charge in [-0.25, -0.2) is 12.8 Å². The standard InChI is InChI=1S/C24H29FN2O4S/c1-17-5-6-18(2)22(15-17)32(29,30)24(9-3-4-10-24)23(28)26-19-7-8-21(20(25)16-19)27-11-13-31-14-12-27/h5-8,15-16H,3-4,9-14H2,1-2H3,(H,26,28). The zero-order valence-electron chi connectivity index (χ0n) is 18.5. The Balaban J connectivity index is 1.63. The summed E-state index contributed by atoms with van der Waals surface area (Å²) in [5, 5.41) is 2.70. The minimum atomic E-state index is -3.94. The Bertz CT molecular complexity index is 1120. The number of nitrogens with one attached hydrogen (secondary N) is 1. The van der Waals surface area contributed by atoms with Crippen LogP contribution in [-0.2, 0) is 19.4 Å². The van der Waals surface area contributed by atoms with E-state index in [1.165, 1.54) is 6.07 Å². The summed E-state index contributed by atoms with van der Waals surface area (Å²) in [5.41, 5.74) is 2.15. The molecular weight excluding hydrogens is 431 g/mol. The molecule has 0 unspecified atom stereocenters. The van der Waals surface area contributed by atoms with E-state index in [2.05, 4.69) is 5.32 Å². The van der Waals surface area contributed by atoms with E-state index in [1.807, 2.05) is 17.9 Å². The van der Waals surface area contributed by atoms with Crippen molar-refractivity contribution in [1.29, 1.82) is 0 Å². The molecule has 1 aliphatic carbocycles. The number of hydrogen-bond acceptors (Lipinski definition) is 5. The largest absolute Gasteiger partial charge is 0.378 e. The lowest BCUT2D eigenvalue weighted by Crippen LogP contribution is -2.47. The summed E-state index contributed by atoms with van der Waals surface area (Å²) in [6, 6.07) is 9.76. The quantitative estimate of drug-likeness (QED) is 0.730. The van der Waals surface area contributed by atoms with Gasteiger partial charge < -0.3 is 15.0 Å². The van der Waals surface area contributed by atoms with Crippen molar-refractivity contribution in [3.8, 4) is 0 Å². The van der Waals surface area contributed by atoms with Crippen LogP contribution in [0.5, 0.6) is 0 Å². The minimum absolute atomic E-state index is 0.198. The average molecular weight is 461 g/mol. The summed E-state index contributed by atoms with van der Waals surface area (Å²) in [6.07, 6.45) is 1.81. The molecular formula is C24H29FN2O4S. The molecule has 172 valence electrons. The van der Waals surface area contributed by atoms with Crippen molar-refractivity contribution in [3.05, 3.63) is 53.3 Å². The van der Waals surface area contributed by atoms with E-state index in [1.54, 1.807) is 31.2 Å². The number of amides is 1. The monoisotopic (exact) mass is 460 g/mol. The zero-order valence-corrected chi connectivity index (χ0v) is 19.3. The lowest BCUT2D eigenvalue weighted by molar-refractivity contribution is -0.118. The fourth-order valence-electron chi connectivity index (χ4n) is 4.66. The van der Waals surface area contributed by atoms with Crippen LogP contribution in [0.2, 0.25) is 0 Å². The highest BCUT2D eigenvalue weighted by Crippen LogP contribution is 2.42. The van der Waals surface area contributed by atoms with Crippen molar-refractivity contribution in [2.75, 3.05) is 36.5 Å². The third kappa shape index (κ3) is 4.01. The number of benzene rings is 2. The predicted molar refractivity (Wildman–Crippen MR) is 122 cm³/mol. The summed E-state index contributed by atoms with van der Waals surface area (Å²) in [5.74, 6) is -1.04. The van der Waals surface area contributed by atoms with E-state index in [9.17, 15) is 17.6 Å². The van der Waals surface area contributed by atoms with Gasteiger partial charge in [0, 0.05) is 18.8 Å². The average Bonchev–Trinajstić information content (AvgIpc) is 3.28. The van der Waals surface area contributed by atoms with E-state index in [0.29, 0.717) is 50.4 Å². The second-order valence-corrected chi connectivity index (χ2v) is 10.9. The van der Waals surface area contributed by atoms with Crippen molar-refractivity contribution in [2.24, 2.45) is 0 Å². The zero-order chi connectivity index (χ0) is 22.9. The van der Waals surface area contributed by atoms with Crippen LogP contribution in [0.15, 0.2) is 41.3 Å². The summed E-state index contributed by atoms with van der Waals surface area (Å²) in [4.78, 5) is 15.5. The number of morpholine rings is 1. The molecule has 2 fully saturated rings. The molecule has 0 aromatic heterocycles. The number of nitrogens with zero attached hydrogens (tertiary/aromatic N) is 1. The van der Waals surface area contributed by atoms with E-state index in [-0.39, 0.29) is 23.4 Å². The van der Waals surface area contributed by atoms with Gasteiger partial charge in [-0.2, -0.15) is 0 Å². The normalized spacial score (nSPS) is 18.5. The Morgan fingerprint density at radius 1 is 1.06 bits per heavy atom. The highest BCUT2D eigenvalue weighted by molar-refractivity contribution is 7.93. The van der Waals surface area contributed by atoms with E-state index in [4.69, 9.17) is 4.74 Å². The van der Waals surface area contributed by atoms with Gasteiger partial charge in [0.1, 0.15) is 5.82 Å². The van der Waals surface area contributed by atoms with Gasteiger partial charge in [-0.15, -0.1) is 0 Å². The molecule has 0 atom stereocenters. The Morgan fingerprint density at radius 3 is 2.41 bits per heavy atom. The van der Waals surface area contributed by atoms with Crippen LogP contribution in [0.1, 0.15) is 36.8 Å². The topological polar surface area (TPSA) is 75.7 Å². The lowest BCUT2D eigenvalue weighted by Gasteiger charge is -2.30. The van der Waals surface area contributed by atoms with Crippen LogP contribution < -0.4 is 10.2 Å². The van der Waals surface area contributed by atoms with Gasteiger partial charge in [-0.1, -0.05) is 25.0 Å². The Labute approximate surface area is 188 Å². The molecule has 2 aliphatic rings. The van der Waals surface area contributed by atoms with Crippen LogP contribution in [0.3, 0.4) is 0 Å². The fourth-order valence-corrected chi connectivity index (χ4v) is 7.04. The number of carbonyl (C=O) groups excluding carboxylic acids is 1. The maximum atomic E-state index is 14.8. The smallest absolute Gasteiger partial charge is 0.246 e. The molecule has 1 saturated carbocycles. The van der Waals surface area contributed by atoms with Crippen LogP contribution in [0.4, 0.5) is 15.8 Å².